The van der Waals surface area contributed by atoms with E-state index in [4.69, 9.17) is 4.98 Å². The van der Waals surface area contributed by atoms with E-state index in [1.54, 1.807) is 0 Å². The molecular weight excluding hydrogens is 450 g/mol. The first-order chi connectivity index (χ1) is 17.6. The molecule has 7 heteroatoms. The molecule has 5 aliphatic rings. The summed E-state index contributed by atoms with van der Waals surface area (Å²) in [5.74, 6) is 0.844. The van der Waals surface area contributed by atoms with Gasteiger partial charge in [0, 0.05) is 55.1 Å². The van der Waals surface area contributed by atoms with Crippen molar-refractivity contribution in [1.82, 2.24) is 20.2 Å². The highest BCUT2D eigenvalue weighted by atomic mass is 16.1. The Hall–Kier alpha value is -2.93. The molecule has 1 unspecified atom stereocenters. The largest absolute Gasteiger partial charge is 0.369 e. The van der Waals surface area contributed by atoms with E-state index in [2.05, 4.69) is 38.3 Å². The van der Waals surface area contributed by atoms with Crippen molar-refractivity contribution in [2.45, 2.75) is 69.9 Å². The van der Waals surface area contributed by atoms with Crippen LogP contribution in [0.4, 0.5) is 5.69 Å². The standard InChI is InChI=1S/C29H35N5O2/c35-27(30-21-4-5-21)19-1-6-22(7-2-19)33-13-15-34(16-14-33)23-8-3-20(17-23)26-31-25-9-10-29(11-12-29)18-24(25)28(36)32-26/h1-2,6-7,17,21,23H,3-5,8-16,18H2,(H,30,35)(H,31,32,36). The van der Waals surface area contributed by atoms with Crippen LogP contribution in [-0.4, -0.2) is 59.0 Å². The number of allylic oxidation sites excluding steroid dienone is 1. The number of aromatic amines is 1. The van der Waals surface area contributed by atoms with Crippen molar-refractivity contribution in [2.75, 3.05) is 31.1 Å². The van der Waals surface area contributed by atoms with Gasteiger partial charge in [-0.2, -0.15) is 0 Å². The van der Waals surface area contributed by atoms with Crippen LogP contribution >= 0.6 is 0 Å². The van der Waals surface area contributed by atoms with Gasteiger partial charge in [-0.1, -0.05) is 6.08 Å². The molecule has 188 valence electrons. The van der Waals surface area contributed by atoms with Gasteiger partial charge in [0.25, 0.3) is 11.5 Å². The number of benzene rings is 1. The Morgan fingerprint density at radius 1 is 1.00 bits per heavy atom. The van der Waals surface area contributed by atoms with Crippen molar-refractivity contribution in [1.29, 1.82) is 0 Å². The summed E-state index contributed by atoms with van der Waals surface area (Å²) in [4.78, 5) is 38.2. The van der Waals surface area contributed by atoms with E-state index < -0.39 is 0 Å². The van der Waals surface area contributed by atoms with E-state index in [0.29, 0.717) is 17.5 Å². The lowest BCUT2D eigenvalue weighted by Gasteiger charge is -2.38. The molecule has 4 aliphatic carbocycles. The molecule has 1 atom stereocenters. The fourth-order valence-corrected chi connectivity index (χ4v) is 6.36. The first-order valence-electron chi connectivity index (χ1n) is 13.8. The Morgan fingerprint density at radius 3 is 2.50 bits per heavy atom. The topological polar surface area (TPSA) is 81.3 Å². The zero-order valence-electron chi connectivity index (χ0n) is 20.9. The van der Waals surface area contributed by atoms with Gasteiger partial charge in [-0.25, -0.2) is 4.98 Å². The number of nitrogens with zero attached hydrogens (tertiary/aromatic N) is 3. The second kappa shape index (κ2) is 8.58. The second-order valence-electron chi connectivity index (χ2n) is 11.6. The number of carbonyl (C=O) groups is 1. The van der Waals surface area contributed by atoms with Crippen LogP contribution in [0.15, 0.2) is 35.1 Å². The van der Waals surface area contributed by atoms with E-state index in [-0.39, 0.29) is 11.5 Å². The Bertz CT molecular complexity index is 1260. The van der Waals surface area contributed by atoms with Crippen molar-refractivity contribution in [3.63, 3.8) is 0 Å². The molecule has 1 amide bonds. The van der Waals surface area contributed by atoms with Gasteiger partial charge >= 0.3 is 0 Å². The number of anilines is 1. The predicted octanol–water partition coefficient (Wildman–Crippen LogP) is 3.30. The van der Waals surface area contributed by atoms with E-state index in [1.165, 1.54) is 30.5 Å². The lowest BCUT2D eigenvalue weighted by atomic mass is 9.84. The Balaban J connectivity index is 0.980. The molecule has 1 aromatic carbocycles. The molecule has 36 heavy (non-hydrogen) atoms. The van der Waals surface area contributed by atoms with Crippen LogP contribution in [-0.2, 0) is 12.8 Å². The number of piperazine rings is 1. The smallest absolute Gasteiger partial charge is 0.254 e. The van der Waals surface area contributed by atoms with Gasteiger partial charge in [0.2, 0.25) is 0 Å². The summed E-state index contributed by atoms with van der Waals surface area (Å²) in [7, 11) is 0. The average molecular weight is 486 g/mol. The van der Waals surface area contributed by atoms with Crippen LogP contribution < -0.4 is 15.8 Å². The fraction of sp³-hybridized carbons (Fsp3) is 0.552. The van der Waals surface area contributed by atoms with Crippen molar-refractivity contribution in [3.05, 3.63) is 63.3 Å². The second-order valence-corrected chi connectivity index (χ2v) is 11.6. The summed E-state index contributed by atoms with van der Waals surface area (Å²) in [5.41, 5.74) is 5.64. The van der Waals surface area contributed by atoms with Crippen LogP contribution in [0.25, 0.3) is 5.57 Å². The molecule has 3 fully saturated rings. The number of amides is 1. The summed E-state index contributed by atoms with van der Waals surface area (Å²) in [6.07, 6.45) is 12.2. The van der Waals surface area contributed by atoms with Crippen molar-refractivity contribution in [3.8, 4) is 0 Å². The summed E-state index contributed by atoms with van der Waals surface area (Å²) in [6.45, 7) is 3.97. The zero-order valence-corrected chi connectivity index (χ0v) is 20.9. The van der Waals surface area contributed by atoms with Crippen molar-refractivity contribution < 1.29 is 4.79 Å². The maximum Gasteiger partial charge on any atom is 0.254 e. The third-order valence-corrected chi connectivity index (χ3v) is 9.10. The molecule has 1 saturated heterocycles. The van der Waals surface area contributed by atoms with E-state index in [0.717, 1.165) is 87.3 Å². The number of H-pyrrole nitrogens is 1. The third-order valence-electron chi connectivity index (χ3n) is 9.10. The number of rotatable bonds is 5. The van der Waals surface area contributed by atoms with Gasteiger partial charge < -0.3 is 15.2 Å². The molecular formula is C29H35N5O2. The quantitative estimate of drug-likeness (QED) is 0.679. The highest BCUT2D eigenvalue weighted by Crippen LogP contribution is 2.53. The molecule has 2 N–H and O–H groups in total. The molecule has 1 spiro atoms. The van der Waals surface area contributed by atoms with Gasteiger partial charge in [-0.15, -0.1) is 0 Å². The van der Waals surface area contributed by atoms with Crippen LogP contribution in [0.1, 0.15) is 72.4 Å². The molecule has 0 radical (unpaired) electrons. The third kappa shape index (κ3) is 4.27. The van der Waals surface area contributed by atoms with Gasteiger partial charge in [0.05, 0.1) is 5.69 Å². The van der Waals surface area contributed by atoms with Gasteiger partial charge in [-0.05, 0) is 93.0 Å². The van der Waals surface area contributed by atoms with Crippen molar-refractivity contribution >= 4 is 17.2 Å². The summed E-state index contributed by atoms with van der Waals surface area (Å²) in [5, 5.41) is 3.06. The van der Waals surface area contributed by atoms with E-state index in [1.807, 2.05) is 12.1 Å². The number of fused-ring (bicyclic) bond motifs is 1. The normalized spacial score (nSPS) is 24.9. The SMILES string of the molecule is O=C(NC1CC1)c1ccc(N2CCN(C3C=C(c4nc5c(c(=O)[nH]4)CC4(CC5)CC4)CC3)CC2)cc1. The Kier molecular flexibility index (Phi) is 5.31. The minimum absolute atomic E-state index is 0.0410. The zero-order chi connectivity index (χ0) is 24.3. The van der Waals surface area contributed by atoms with Gasteiger partial charge in [-0.3, -0.25) is 14.5 Å². The molecule has 2 aromatic rings. The number of carbonyl (C=O) groups excluding carboxylic acids is 1. The molecule has 7 nitrogen and oxygen atoms in total. The number of aromatic nitrogens is 2. The minimum Gasteiger partial charge on any atom is -0.369 e. The highest BCUT2D eigenvalue weighted by molar-refractivity contribution is 5.94. The van der Waals surface area contributed by atoms with Crippen molar-refractivity contribution in [2.24, 2.45) is 5.41 Å². The first kappa shape index (κ1) is 22.3. The minimum atomic E-state index is 0.0410. The maximum atomic E-state index is 12.9. The fourth-order valence-electron chi connectivity index (χ4n) is 6.36. The lowest BCUT2D eigenvalue weighted by molar-refractivity contribution is 0.0951. The molecule has 2 heterocycles. The highest BCUT2D eigenvalue weighted by Gasteiger charge is 2.45. The van der Waals surface area contributed by atoms with Gasteiger partial charge in [0.1, 0.15) is 5.82 Å². The number of hydrogen-bond donors (Lipinski definition) is 2. The average Bonchev–Trinajstić information content (AvgIpc) is 3.83. The van der Waals surface area contributed by atoms with Gasteiger partial charge in [0.15, 0.2) is 0 Å². The molecule has 1 aromatic heterocycles. The Labute approximate surface area is 212 Å². The monoisotopic (exact) mass is 485 g/mol. The first-order valence-corrected chi connectivity index (χ1v) is 13.8. The van der Waals surface area contributed by atoms with E-state index in [9.17, 15) is 9.59 Å². The van der Waals surface area contributed by atoms with E-state index >= 15 is 0 Å². The van der Waals surface area contributed by atoms with Crippen LogP contribution in [0.2, 0.25) is 0 Å². The predicted molar refractivity (Wildman–Crippen MR) is 140 cm³/mol. The summed E-state index contributed by atoms with van der Waals surface area (Å²) in [6, 6.07) is 8.84. The Morgan fingerprint density at radius 2 is 1.78 bits per heavy atom. The summed E-state index contributed by atoms with van der Waals surface area (Å²) >= 11 is 0. The molecule has 1 aliphatic heterocycles. The number of aryl methyl sites for hydroxylation is 1. The lowest BCUT2D eigenvalue weighted by Crippen LogP contribution is -2.49. The summed E-state index contributed by atoms with van der Waals surface area (Å²) < 4.78 is 0. The van der Waals surface area contributed by atoms with Crippen LogP contribution in [0.5, 0.6) is 0 Å². The van der Waals surface area contributed by atoms with Crippen LogP contribution in [0, 0.1) is 5.41 Å². The number of nitrogens with one attached hydrogen (secondary N) is 2. The van der Waals surface area contributed by atoms with Crippen LogP contribution in [0.3, 0.4) is 0 Å². The number of hydrogen-bond acceptors (Lipinski definition) is 5. The molecule has 0 bridgehead atoms. The molecule has 2 saturated carbocycles. The maximum absolute atomic E-state index is 12.9. The molecule has 7 rings (SSSR count).